The molecule has 6 nitrogen and oxygen atoms in total. The van der Waals surface area contributed by atoms with Gasteiger partial charge in [0.2, 0.25) is 5.91 Å². The smallest absolute Gasteiger partial charge is 0.254 e. The van der Waals surface area contributed by atoms with Crippen LogP contribution in [0.15, 0.2) is 60.0 Å². The Morgan fingerprint density at radius 2 is 1.92 bits per heavy atom. The topological polar surface area (TPSA) is 59.1 Å². The van der Waals surface area contributed by atoms with Crippen LogP contribution in [-0.4, -0.2) is 55.0 Å². The van der Waals surface area contributed by atoms with Crippen molar-refractivity contribution >= 4 is 34.8 Å². The monoisotopic (exact) mass is 540 g/mol. The van der Waals surface area contributed by atoms with Gasteiger partial charge in [0.1, 0.15) is 24.7 Å². The molecule has 4 rings (SSSR count). The number of fused-ring (bicyclic) bond motifs is 1. The van der Waals surface area contributed by atoms with Crippen LogP contribution < -0.4 is 9.47 Å². The van der Waals surface area contributed by atoms with E-state index in [0.29, 0.717) is 47.7 Å². The maximum Gasteiger partial charge on any atom is 0.254 e. The van der Waals surface area contributed by atoms with Gasteiger partial charge in [0.25, 0.3) is 5.91 Å². The quantitative estimate of drug-likeness (QED) is 0.311. The molecule has 0 bridgehead atoms. The zero-order chi connectivity index (χ0) is 26.4. The molecule has 1 aliphatic rings. The number of hydrogen-bond acceptors (Lipinski definition) is 5. The molecule has 3 aromatic rings. The van der Waals surface area contributed by atoms with Gasteiger partial charge >= 0.3 is 0 Å². The fraction of sp³-hybridized carbons (Fsp3) is 0.379. The van der Waals surface area contributed by atoms with Crippen LogP contribution in [0.3, 0.4) is 0 Å². The summed E-state index contributed by atoms with van der Waals surface area (Å²) in [6, 6.07) is 16.2. The molecular formula is C29H33ClN2O4S. The van der Waals surface area contributed by atoms with Crippen LogP contribution in [0.2, 0.25) is 5.02 Å². The summed E-state index contributed by atoms with van der Waals surface area (Å²) in [6.07, 6.45) is 1.60. The van der Waals surface area contributed by atoms with Gasteiger partial charge in [-0.3, -0.25) is 9.59 Å². The molecule has 1 unspecified atom stereocenters. The van der Waals surface area contributed by atoms with E-state index in [1.807, 2.05) is 17.0 Å². The van der Waals surface area contributed by atoms with E-state index in [9.17, 15) is 9.59 Å². The highest BCUT2D eigenvalue weighted by Gasteiger charge is 2.33. The Bertz CT molecular complexity index is 1210. The first kappa shape index (κ1) is 27.0. The number of carbonyl (C=O) groups excluding carboxylic acids is 2. The molecule has 37 heavy (non-hydrogen) atoms. The highest BCUT2D eigenvalue weighted by Crippen LogP contribution is 2.34. The van der Waals surface area contributed by atoms with Gasteiger partial charge in [-0.15, -0.1) is 11.3 Å². The first-order valence-corrected chi connectivity index (χ1v) is 13.8. The number of thiophene rings is 1. The molecule has 196 valence electrons. The Balaban J connectivity index is 1.53. The van der Waals surface area contributed by atoms with Gasteiger partial charge in [0, 0.05) is 28.6 Å². The van der Waals surface area contributed by atoms with Gasteiger partial charge in [-0.25, -0.2) is 0 Å². The van der Waals surface area contributed by atoms with E-state index in [0.717, 1.165) is 18.4 Å². The molecule has 0 radical (unpaired) electrons. The molecule has 0 fully saturated rings. The Morgan fingerprint density at radius 3 is 2.65 bits per heavy atom. The average molecular weight is 541 g/mol. The minimum Gasteiger partial charge on any atom is -0.497 e. The van der Waals surface area contributed by atoms with Crippen LogP contribution in [-0.2, 0) is 11.2 Å². The fourth-order valence-electron chi connectivity index (χ4n) is 4.44. The SMILES string of the molecule is COc1cccc(C(=O)N(CCC(C)C)CC(=O)N2CCc3sccc3C2COc2ccc(Cl)cc2)c1. The van der Waals surface area contributed by atoms with Crippen molar-refractivity contribution in [3.63, 3.8) is 0 Å². The van der Waals surface area contributed by atoms with Gasteiger partial charge in [-0.05, 0) is 78.2 Å². The van der Waals surface area contributed by atoms with E-state index in [4.69, 9.17) is 21.1 Å². The highest BCUT2D eigenvalue weighted by molar-refractivity contribution is 7.10. The Hall–Kier alpha value is -3.03. The van der Waals surface area contributed by atoms with Gasteiger partial charge in [0.15, 0.2) is 0 Å². The lowest BCUT2D eigenvalue weighted by atomic mass is 10.00. The molecule has 2 aromatic carbocycles. The lowest BCUT2D eigenvalue weighted by Gasteiger charge is -2.37. The Kier molecular flexibility index (Phi) is 9.11. The van der Waals surface area contributed by atoms with Crippen molar-refractivity contribution in [2.24, 2.45) is 5.92 Å². The molecule has 1 aromatic heterocycles. The van der Waals surface area contributed by atoms with Crippen LogP contribution in [0.1, 0.15) is 47.1 Å². The van der Waals surface area contributed by atoms with Crippen LogP contribution in [0.25, 0.3) is 0 Å². The van der Waals surface area contributed by atoms with Crippen LogP contribution in [0.4, 0.5) is 0 Å². The number of benzene rings is 2. The molecule has 1 atom stereocenters. The van der Waals surface area contributed by atoms with Crippen LogP contribution in [0.5, 0.6) is 11.5 Å². The summed E-state index contributed by atoms with van der Waals surface area (Å²) in [7, 11) is 1.57. The van der Waals surface area contributed by atoms with E-state index < -0.39 is 0 Å². The molecule has 0 N–H and O–H groups in total. The van der Waals surface area contributed by atoms with Gasteiger partial charge in [-0.1, -0.05) is 31.5 Å². The minimum atomic E-state index is -0.225. The van der Waals surface area contributed by atoms with Crippen molar-refractivity contribution in [3.8, 4) is 11.5 Å². The zero-order valence-electron chi connectivity index (χ0n) is 21.5. The third-order valence-corrected chi connectivity index (χ3v) is 7.79. The summed E-state index contributed by atoms with van der Waals surface area (Å²) < 4.78 is 11.4. The maximum atomic E-state index is 13.7. The summed E-state index contributed by atoms with van der Waals surface area (Å²) in [5.41, 5.74) is 1.63. The molecule has 0 spiro atoms. The molecule has 1 aliphatic heterocycles. The first-order valence-electron chi connectivity index (χ1n) is 12.5. The molecule has 0 saturated carbocycles. The van der Waals surface area contributed by atoms with Crippen molar-refractivity contribution in [1.82, 2.24) is 9.80 Å². The number of rotatable bonds is 10. The number of nitrogens with zero attached hydrogens (tertiary/aromatic N) is 2. The molecule has 2 heterocycles. The average Bonchev–Trinajstić information content (AvgIpc) is 3.39. The maximum absolute atomic E-state index is 13.7. The van der Waals surface area contributed by atoms with E-state index >= 15 is 0 Å². The largest absolute Gasteiger partial charge is 0.497 e. The van der Waals surface area contributed by atoms with Crippen molar-refractivity contribution in [2.75, 3.05) is 33.4 Å². The second-order valence-electron chi connectivity index (χ2n) is 9.56. The van der Waals surface area contributed by atoms with Crippen LogP contribution in [0, 0.1) is 5.92 Å². The second-order valence-corrected chi connectivity index (χ2v) is 11.0. The lowest BCUT2D eigenvalue weighted by molar-refractivity contribution is -0.135. The standard InChI is InChI=1S/C29H33ClN2O4S/c1-20(2)11-14-31(29(34)21-5-4-6-24(17-21)35-3)18-28(33)32-15-12-27-25(13-16-37-27)26(32)19-36-23-9-7-22(30)8-10-23/h4-10,13,16-17,20,26H,11-12,14-15,18-19H2,1-3H3. The molecule has 8 heteroatoms. The van der Waals surface area contributed by atoms with E-state index in [1.54, 1.807) is 59.7 Å². The van der Waals surface area contributed by atoms with Gasteiger partial charge < -0.3 is 19.3 Å². The van der Waals surface area contributed by atoms with E-state index in [2.05, 4.69) is 25.3 Å². The summed E-state index contributed by atoms with van der Waals surface area (Å²) in [4.78, 5) is 32.0. The number of ether oxygens (including phenoxy) is 2. The predicted molar refractivity (Wildman–Crippen MR) is 148 cm³/mol. The summed E-state index contributed by atoms with van der Waals surface area (Å²) in [5.74, 6) is 1.46. The molecule has 2 amide bonds. The van der Waals surface area contributed by atoms with Crippen LogP contribution >= 0.6 is 22.9 Å². The minimum absolute atomic E-state index is 0.0136. The van der Waals surface area contributed by atoms with Gasteiger partial charge in [-0.2, -0.15) is 0 Å². The third kappa shape index (κ3) is 6.84. The normalized spacial score (nSPS) is 14.8. The zero-order valence-corrected chi connectivity index (χ0v) is 23.1. The van der Waals surface area contributed by atoms with Crippen molar-refractivity contribution < 1.29 is 19.1 Å². The molecular weight excluding hydrogens is 508 g/mol. The number of halogens is 1. The number of hydrogen-bond donors (Lipinski definition) is 0. The Morgan fingerprint density at radius 1 is 1.14 bits per heavy atom. The number of amides is 2. The van der Waals surface area contributed by atoms with Gasteiger partial charge in [0.05, 0.1) is 13.2 Å². The van der Waals surface area contributed by atoms with Crippen molar-refractivity contribution in [3.05, 3.63) is 81.0 Å². The third-order valence-electron chi connectivity index (χ3n) is 6.54. The summed E-state index contributed by atoms with van der Waals surface area (Å²) in [5, 5.41) is 2.71. The van der Waals surface area contributed by atoms with E-state index in [-0.39, 0.29) is 24.4 Å². The van der Waals surface area contributed by atoms with E-state index in [1.165, 1.54) is 4.88 Å². The number of methoxy groups -OCH3 is 1. The second kappa shape index (κ2) is 12.5. The first-order chi connectivity index (χ1) is 17.9. The molecule has 0 aliphatic carbocycles. The van der Waals surface area contributed by atoms with Crippen molar-refractivity contribution in [1.29, 1.82) is 0 Å². The fourth-order valence-corrected chi connectivity index (χ4v) is 5.49. The van der Waals surface area contributed by atoms with Crippen molar-refractivity contribution in [2.45, 2.75) is 32.7 Å². The number of carbonyl (C=O) groups is 2. The summed E-state index contributed by atoms with van der Waals surface area (Å²) in [6.45, 7) is 5.66. The highest BCUT2D eigenvalue weighted by atomic mass is 35.5. The molecule has 0 saturated heterocycles. The predicted octanol–water partition coefficient (Wildman–Crippen LogP) is 6.10. The Labute approximate surface area is 227 Å². The summed E-state index contributed by atoms with van der Waals surface area (Å²) >= 11 is 7.72. The lowest BCUT2D eigenvalue weighted by Crippen LogP contribution is -2.48.